The van der Waals surface area contributed by atoms with E-state index in [1.807, 2.05) is 0 Å². The third-order valence-electron chi connectivity index (χ3n) is 5.20. The highest BCUT2D eigenvalue weighted by Gasteiger charge is 2.33. The number of fused-ring (bicyclic) bond motifs is 1. The van der Waals surface area contributed by atoms with E-state index in [0.717, 1.165) is 0 Å². The minimum absolute atomic E-state index is 0.0119. The van der Waals surface area contributed by atoms with Gasteiger partial charge in [0, 0.05) is 0 Å². The molecule has 2 aromatic carbocycles. The van der Waals surface area contributed by atoms with Crippen LogP contribution in [-0.2, 0) is 9.53 Å². The molecule has 1 atom stereocenters. The molecule has 0 fully saturated rings. The van der Waals surface area contributed by atoms with E-state index in [4.69, 9.17) is 9.47 Å². The number of ether oxygens (including phenoxy) is 2. The van der Waals surface area contributed by atoms with E-state index in [2.05, 4.69) is 4.99 Å². The van der Waals surface area contributed by atoms with Crippen LogP contribution in [0.15, 0.2) is 63.5 Å². The maximum Gasteiger partial charge on any atom is 0.338 e. The SMILES string of the molecule is CCOC(=O)C1=C(C)N=c2s/c(=C/c3ccc(O)c(OC)c3)c(=O)n2[C@H]1c1ccc(F)cc1. The molecule has 0 saturated heterocycles. The van der Waals surface area contributed by atoms with Gasteiger partial charge in [-0.1, -0.05) is 29.5 Å². The van der Waals surface area contributed by atoms with Gasteiger partial charge in [0.1, 0.15) is 5.82 Å². The van der Waals surface area contributed by atoms with E-state index >= 15 is 0 Å². The van der Waals surface area contributed by atoms with Crippen LogP contribution in [0, 0.1) is 5.82 Å². The second kappa shape index (κ2) is 9.03. The standard InChI is InChI=1S/C24H21FN2O5S/c1-4-32-23(30)20-13(2)26-24-27(21(20)15-6-8-16(25)9-7-15)22(29)19(33-24)12-14-5-10-17(28)18(11-14)31-3/h5-12,21,28H,4H2,1-3H3/b19-12+/t21-/m0/s1. The summed E-state index contributed by atoms with van der Waals surface area (Å²) in [5.74, 6) is -0.736. The Bertz CT molecular complexity index is 1440. The van der Waals surface area contributed by atoms with Gasteiger partial charge in [0.25, 0.3) is 5.56 Å². The number of rotatable bonds is 5. The molecule has 0 radical (unpaired) electrons. The summed E-state index contributed by atoms with van der Waals surface area (Å²) in [6.45, 7) is 3.55. The number of aromatic nitrogens is 1. The molecule has 2 heterocycles. The van der Waals surface area contributed by atoms with Crippen LogP contribution in [-0.4, -0.2) is 29.4 Å². The molecule has 33 heavy (non-hydrogen) atoms. The number of phenols is 1. The van der Waals surface area contributed by atoms with Crippen molar-refractivity contribution >= 4 is 23.4 Å². The number of allylic oxidation sites excluding steroid dienone is 1. The Morgan fingerprint density at radius 3 is 2.67 bits per heavy atom. The minimum Gasteiger partial charge on any atom is -0.504 e. The predicted molar refractivity (Wildman–Crippen MR) is 121 cm³/mol. The molecule has 1 aliphatic rings. The Balaban J connectivity index is 1.94. The maximum absolute atomic E-state index is 13.6. The summed E-state index contributed by atoms with van der Waals surface area (Å²) in [6, 6.07) is 9.59. The lowest BCUT2D eigenvalue weighted by atomic mass is 9.96. The van der Waals surface area contributed by atoms with Crippen molar-refractivity contribution < 1.29 is 23.8 Å². The van der Waals surface area contributed by atoms with Crippen molar-refractivity contribution in [2.45, 2.75) is 19.9 Å². The van der Waals surface area contributed by atoms with E-state index in [1.165, 1.54) is 41.2 Å². The van der Waals surface area contributed by atoms with Gasteiger partial charge in [0.05, 0.1) is 35.6 Å². The van der Waals surface area contributed by atoms with E-state index in [9.17, 15) is 19.1 Å². The molecule has 1 N–H and O–H groups in total. The minimum atomic E-state index is -0.808. The van der Waals surface area contributed by atoms with E-state index in [1.54, 1.807) is 44.2 Å². The molecule has 0 aliphatic carbocycles. The summed E-state index contributed by atoms with van der Waals surface area (Å²) in [5, 5.41) is 9.83. The van der Waals surface area contributed by atoms with Crippen LogP contribution in [0.2, 0.25) is 0 Å². The maximum atomic E-state index is 13.6. The molecule has 4 rings (SSSR count). The van der Waals surface area contributed by atoms with Crippen LogP contribution in [0.5, 0.6) is 11.5 Å². The quantitative estimate of drug-likeness (QED) is 0.582. The van der Waals surface area contributed by atoms with Crippen LogP contribution >= 0.6 is 11.3 Å². The van der Waals surface area contributed by atoms with Gasteiger partial charge in [-0.2, -0.15) is 0 Å². The number of methoxy groups -OCH3 is 1. The third-order valence-corrected chi connectivity index (χ3v) is 6.19. The Labute approximate surface area is 192 Å². The highest BCUT2D eigenvalue weighted by molar-refractivity contribution is 7.07. The number of hydrogen-bond acceptors (Lipinski definition) is 7. The number of phenolic OH excluding ortho intramolecular Hbond substituents is 1. The average Bonchev–Trinajstić information content (AvgIpc) is 3.09. The molecule has 0 unspecified atom stereocenters. The highest BCUT2D eigenvalue weighted by Crippen LogP contribution is 2.31. The van der Waals surface area contributed by atoms with Crippen molar-refractivity contribution in [2.24, 2.45) is 4.99 Å². The number of thiazole rings is 1. The zero-order chi connectivity index (χ0) is 23.7. The first kappa shape index (κ1) is 22.5. The molecule has 1 aliphatic heterocycles. The topological polar surface area (TPSA) is 90.1 Å². The zero-order valence-electron chi connectivity index (χ0n) is 18.2. The normalized spacial score (nSPS) is 15.8. The summed E-state index contributed by atoms with van der Waals surface area (Å²) >= 11 is 1.17. The number of carbonyl (C=O) groups excluding carboxylic acids is 1. The van der Waals surface area contributed by atoms with E-state index in [0.29, 0.717) is 26.2 Å². The lowest BCUT2D eigenvalue weighted by Crippen LogP contribution is -2.39. The first-order valence-corrected chi connectivity index (χ1v) is 11.0. The Morgan fingerprint density at radius 2 is 2.00 bits per heavy atom. The molecule has 0 spiro atoms. The van der Waals surface area contributed by atoms with Crippen molar-refractivity contribution in [3.63, 3.8) is 0 Å². The van der Waals surface area contributed by atoms with E-state index in [-0.39, 0.29) is 29.2 Å². The van der Waals surface area contributed by atoms with Gasteiger partial charge >= 0.3 is 5.97 Å². The number of benzene rings is 2. The van der Waals surface area contributed by atoms with Crippen LogP contribution in [0.1, 0.15) is 31.0 Å². The number of hydrogen-bond donors (Lipinski definition) is 1. The number of esters is 1. The number of halogens is 1. The summed E-state index contributed by atoms with van der Waals surface area (Å²) in [4.78, 5) is 31.2. The van der Waals surface area contributed by atoms with Crippen molar-refractivity contribution in [2.75, 3.05) is 13.7 Å². The van der Waals surface area contributed by atoms with Crippen LogP contribution in [0.25, 0.3) is 6.08 Å². The zero-order valence-corrected chi connectivity index (χ0v) is 19.0. The molecular formula is C24H21FN2O5S. The van der Waals surface area contributed by atoms with Gasteiger partial charge in [-0.05, 0) is 55.3 Å². The Kier molecular flexibility index (Phi) is 6.15. The predicted octanol–water partition coefficient (Wildman–Crippen LogP) is 2.65. The van der Waals surface area contributed by atoms with Crippen molar-refractivity contribution in [1.29, 1.82) is 0 Å². The molecule has 3 aromatic rings. The molecule has 0 bridgehead atoms. The fraction of sp³-hybridized carbons (Fsp3) is 0.208. The first-order chi connectivity index (χ1) is 15.8. The van der Waals surface area contributed by atoms with Gasteiger partial charge in [-0.25, -0.2) is 14.2 Å². The van der Waals surface area contributed by atoms with Crippen molar-refractivity contribution in [3.8, 4) is 11.5 Å². The van der Waals surface area contributed by atoms with Gasteiger partial charge in [0.15, 0.2) is 16.3 Å². The molecule has 1 aromatic heterocycles. The van der Waals surface area contributed by atoms with Gasteiger partial charge in [0.2, 0.25) is 0 Å². The second-order valence-electron chi connectivity index (χ2n) is 7.29. The third kappa shape index (κ3) is 4.19. The molecule has 9 heteroatoms. The average molecular weight is 469 g/mol. The number of aromatic hydroxyl groups is 1. The fourth-order valence-corrected chi connectivity index (χ4v) is 4.73. The first-order valence-electron chi connectivity index (χ1n) is 10.2. The smallest absolute Gasteiger partial charge is 0.338 e. The Morgan fingerprint density at radius 1 is 1.27 bits per heavy atom. The van der Waals surface area contributed by atoms with Crippen LogP contribution in [0.3, 0.4) is 0 Å². The van der Waals surface area contributed by atoms with Crippen LogP contribution in [0.4, 0.5) is 4.39 Å². The summed E-state index contributed by atoms with van der Waals surface area (Å²) in [5.41, 5.74) is 1.52. The van der Waals surface area contributed by atoms with E-state index < -0.39 is 17.8 Å². The highest BCUT2D eigenvalue weighted by atomic mass is 32.1. The summed E-state index contributed by atoms with van der Waals surface area (Å²) in [7, 11) is 1.44. The van der Waals surface area contributed by atoms with Crippen LogP contribution < -0.4 is 19.6 Å². The monoisotopic (exact) mass is 468 g/mol. The van der Waals surface area contributed by atoms with Gasteiger partial charge in [-0.15, -0.1) is 0 Å². The lowest BCUT2D eigenvalue weighted by molar-refractivity contribution is -0.139. The van der Waals surface area contributed by atoms with Crippen molar-refractivity contribution in [3.05, 3.63) is 90.4 Å². The number of carbonyl (C=O) groups is 1. The fourth-order valence-electron chi connectivity index (χ4n) is 3.69. The lowest BCUT2D eigenvalue weighted by Gasteiger charge is -2.24. The molecule has 0 saturated carbocycles. The van der Waals surface area contributed by atoms with Crippen molar-refractivity contribution in [1.82, 2.24) is 4.57 Å². The molecule has 170 valence electrons. The Hall–Kier alpha value is -3.72. The van der Waals surface area contributed by atoms with Gasteiger partial charge < -0.3 is 14.6 Å². The molecule has 7 nitrogen and oxygen atoms in total. The number of nitrogens with zero attached hydrogens (tertiary/aromatic N) is 2. The largest absolute Gasteiger partial charge is 0.504 e. The molecule has 0 amide bonds. The molecular weight excluding hydrogens is 447 g/mol. The summed E-state index contributed by atoms with van der Waals surface area (Å²) in [6.07, 6.45) is 1.66. The van der Waals surface area contributed by atoms with Gasteiger partial charge in [-0.3, -0.25) is 9.36 Å². The summed E-state index contributed by atoms with van der Waals surface area (Å²) < 4.78 is 25.8. The second-order valence-corrected chi connectivity index (χ2v) is 8.29.